The van der Waals surface area contributed by atoms with Crippen molar-refractivity contribution in [3.8, 4) is 0 Å². The summed E-state index contributed by atoms with van der Waals surface area (Å²) < 4.78 is 0. The molecule has 2 atom stereocenters. The Labute approximate surface area is 95.4 Å². The maximum atomic E-state index is 10.1. The average Bonchev–Trinajstić information content (AvgIpc) is 2.39. The standard InChI is InChI=1S/C14H14NO/c15-13(11-7-3-1-4-8-11)14(16)12-9-5-2-6-10-12/h1-10,13-16H. The Hall–Kier alpha value is -1.64. The first kappa shape index (κ1) is 10.9. The summed E-state index contributed by atoms with van der Waals surface area (Å²) in [4.78, 5) is 0. The number of aliphatic hydroxyl groups excluding tert-OH is 1. The zero-order valence-electron chi connectivity index (χ0n) is 8.88. The van der Waals surface area contributed by atoms with E-state index in [-0.39, 0.29) is 0 Å². The van der Waals surface area contributed by atoms with Crippen LogP contribution in [-0.2, 0) is 0 Å². The highest BCUT2D eigenvalue weighted by molar-refractivity contribution is 5.25. The lowest BCUT2D eigenvalue weighted by atomic mass is 9.97. The number of hydrogen-bond acceptors (Lipinski definition) is 1. The molecule has 2 rings (SSSR count). The minimum absolute atomic E-state index is 0.636. The molecule has 81 valence electrons. The van der Waals surface area contributed by atoms with Gasteiger partial charge in [0, 0.05) is 0 Å². The maximum Gasteiger partial charge on any atom is 0.0997 e. The number of benzene rings is 2. The van der Waals surface area contributed by atoms with Crippen molar-refractivity contribution in [1.29, 1.82) is 0 Å². The third kappa shape index (κ3) is 2.30. The van der Waals surface area contributed by atoms with E-state index in [4.69, 9.17) is 5.73 Å². The van der Waals surface area contributed by atoms with E-state index >= 15 is 0 Å². The van der Waals surface area contributed by atoms with Gasteiger partial charge in [-0.05, 0) is 11.1 Å². The number of rotatable bonds is 3. The van der Waals surface area contributed by atoms with Crippen molar-refractivity contribution in [1.82, 2.24) is 5.73 Å². The van der Waals surface area contributed by atoms with E-state index in [9.17, 15) is 5.11 Å². The fourth-order valence-corrected chi connectivity index (χ4v) is 1.69. The van der Waals surface area contributed by atoms with E-state index in [2.05, 4.69) is 0 Å². The second kappa shape index (κ2) is 4.92. The summed E-state index contributed by atoms with van der Waals surface area (Å²) in [5, 5.41) is 10.1. The average molecular weight is 212 g/mol. The molecule has 2 unspecified atom stereocenters. The highest BCUT2D eigenvalue weighted by Gasteiger charge is 2.18. The van der Waals surface area contributed by atoms with Crippen molar-refractivity contribution < 1.29 is 5.11 Å². The molecule has 2 aromatic rings. The van der Waals surface area contributed by atoms with E-state index in [0.29, 0.717) is 0 Å². The molecule has 0 saturated carbocycles. The van der Waals surface area contributed by atoms with Crippen LogP contribution in [-0.4, -0.2) is 5.11 Å². The number of aliphatic hydroxyl groups is 1. The van der Waals surface area contributed by atoms with Crippen molar-refractivity contribution in [2.75, 3.05) is 0 Å². The minimum Gasteiger partial charge on any atom is -0.386 e. The molecule has 0 amide bonds. The van der Waals surface area contributed by atoms with Crippen molar-refractivity contribution in [2.24, 2.45) is 0 Å². The second-order valence-corrected chi connectivity index (χ2v) is 3.74. The van der Waals surface area contributed by atoms with Gasteiger partial charge < -0.3 is 5.11 Å². The summed E-state index contributed by atoms with van der Waals surface area (Å²) in [5.74, 6) is 0. The Kier molecular flexibility index (Phi) is 3.34. The van der Waals surface area contributed by atoms with Crippen LogP contribution in [0.3, 0.4) is 0 Å². The monoisotopic (exact) mass is 212 g/mol. The van der Waals surface area contributed by atoms with Gasteiger partial charge >= 0.3 is 0 Å². The summed E-state index contributed by atoms with van der Waals surface area (Å²) in [6, 6.07) is 18.1. The first-order chi connectivity index (χ1) is 7.79. The van der Waals surface area contributed by atoms with Crippen LogP contribution in [0.4, 0.5) is 0 Å². The van der Waals surface area contributed by atoms with E-state index < -0.39 is 12.1 Å². The molecule has 0 aliphatic carbocycles. The molecule has 0 aromatic heterocycles. The Bertz CT molecular complexity index is 384. The largest absolute Gasteiger partial charge is 0.386 e. The van der Waals surface area contributed by atoms with Gasteiger partial charge in [-0.3, -0.25) is 0 Å². The van der Waals surface area contributed by atoms with Crippen molar-refractivity contribution in [3.63, 3.8) is 0 Å². The van der Waals surface area contributed by atoms with Gasteiger partial charge in [0.2, 0.25) is 0 Å². The molecule has 0 fully saturated rings. The smallest absolute Gasteiger partial charge is 0.0997 e. The zero-order valence-corrected chi connectivity index (χ0v) is 8.88. The lowest BCUT2D eigenvalue weighted by Gasteiger charge is -2.18. The first-order valence-corrected chi connectivity index (χ1v) is 5.28. The molecule has 0 aliphatic heterocycles. The fourth-order valence-electron chi connectivity index (χ4n) is 1.69. The maximum absolute atomic E-state index is 10.1. The molecule has 1 radical (unpaired) electrons. The van der Waals surface area contributed by atoms with Crippen LogP contribution in [0.5, 0.6) is 0 Å². The van der Waals surface area contributed by atoms with Gasteiger partial charge in [-0.2, -0.15) is 0 Å². The van der Waals surface area contributed by atoms with E-state index in [1.54, 1.807) is 0 Å². The third-order valence-corrected chi connectivity index (χ3v) is 2.62. The Morgan fingerprint density at radius 2 is 1.19 bits per heavy atom. The third-order valence-electron chi connectivity index (χ3n) is 2.62. The summed E-state index contributed by atoms with van der Waals surface area (Å²) in [5.41, 5.74) is 9.62. The Morgan fingerprint density at radius 3 is 1.69 bits per heavy atom. The SMILES string of the molecule is [NH]C(c1ccccc1)C(O)c1ccccc1. The topological polar surface area (TPSA) is 44.0 Å². The number of nitrogens with one attached hydrogen (secondary N) is 1. The van der Waals surface area contributed by atoms with E-state index in [1.807, 2.05) is 60.7 Å². The molecule has 2 heteroatoms. The van der Waals surface area contributed by atoms with Crippen molar-refractivity contribution in [2.45, 2.75) is 12.1 Å². The molecular formula is C14H14NO. The van der Waals surface area contributed by atoms with Crippen LogP contribution < -0.4 is 5.73 Å². The summed E-state index contributed by atoms with van der Waals surface area (Å²) in [6.45, 7) is 0. The molecule has 0 bridgehead atoms. The molecule has 16 heavy (non-hydrogen) atoms. The highest BCUT2D eigenvalue weighted by Crippen LogP contribution is 2.27. The van der Waals surface area contributed by atoms with Gasteiger partial charge in [-0.1, -0.05) is 60.7 Å². The molecule has 0 spiro atoms. The lowest BCUT2D eigenvalue weighted by Crippen LogP contribution is -2.11. The first-order valence-electron chi connectivity index (χ1n) is 5.28. The Balaban J connectivity index is 2.20. The molecule has 0 heterocycles. The predicted octanol–water partition coefficient (Wildman–Crippen LogP) is 2.74. The zero-order chi connectivity index (χ0) is 11.4. The van der Waals surface area contributed by atoms with Crippen molar-refractivity contribution in [3.05, 3.63) is 71.8 Å². The lowest BCUT2D eigenvalue weighted by molar-refractivity contribution is 0.144. The predicted molar refractivity (Wildman–Crippen MR) is 63.7 cm³/mol. The number of hydrogen-bond donors (Lipinski definition) is 1. The summed E-state index contributed by atoms with van der Waals surface area (Å²) >= 11 is 0. The van der Waals surface area contributed by atoms with Crippen LogP contribution in [0.15, 0.2) is 60.7 Å². The Morgan fingerprint density at radius 1 is 0.750 bits per heavy atom. The van der Waals surface area contributed by atoms with Crippen LogP contribution in [0, 0.1) is 0 Å². The van der Waals surface area contributed by atoms with Crippen LogP contribution in [0.1, 0.15) is 23.3 Å². The molecule has 2 nitrogen and oxygen atoms in total. The molecule has 2 N–H and O–H groups in total. The van der Waals surface area contributed by atoms with E-state index in [1.165, 1.54) is 0 Å². The van der Waals surface area contributed by atoms with Gasteiger partial charge in [0.05, 0.1) is 12.1 Å². The molecular weight excluding hydrogens is 198 g/mol. The van der Waals surface area contributed by atoms with Crippen LogP contribution in [0.2, 0.25) is 0 Å². The molecule has 0 aliphatic rings. The molecule has 0 saturated heterocycles. The van der Waals surface area contributed by atoms with E-state index in [0.717, 1.165) is 11.1 Å². The van der Waals surface area contributed by atoms with Gasteiger partial charge in [-0.25, -0.2) is 5.73 Å². The van der Waals surface area contributed by atoms with Crippen molar-refractivity contribution >= 4 is 0 Å². The second-order valence-electron chi connectivity index (χ2n) is 3.74. The van der Waals surface area contributed by atoms with Gasteiger partial charge in [0.1, 0.15) is 0 Å². The highest BCUT2D eigenvalue weighted by atomic mass is 16.3. The quantitative estimate of drug-likeness (QED) is 0.835. The summed E-state index contributed by atoms with van der Waals surface area (Å²) in [6.07, 6.45) is -0.774. The van der Waals surface area contributed by atoms with Gasteiger partial charge in [0.15, 0.2) is 0 Å². The van der Waals surface area contributed by atoms with Gasteiger partial charge in [-0.15, -0.1) is 0 Å². The molecule has 2 aromatic carbocycles. The summed E-state index contributed by atoms with van der Waals surface area (Å²) in [7, 11) is 0. The normalized spacial score (nSPS) is 14.4. The van der Waals surface area contributed by atoms with Crippen LogP contribution in [0.25, 0.3) is 0 Å². The fraction of sp³-hybridized carbons (Fsp3) is 0.143. The minimum atomic E-state index is -0.774. The van der Waals surface area contributed by atoms with Crippen LogP contribution >= 0.6 is 0 Å². The van der Waals surface area contributed by atoms with Gasteiger partial charge in [0.25, 0.3) is 0 Å².